The van der Waals surface area contributed by atoms with Crippen LogP contribution in [0, 0.1) is 6.92 Å². The summed E-state index contributed by atoms with van der Waals surface area (Å²) in [6.45, 7) is 3.14. The molecule has 0 amide bonds. The lowest BCUT2D eigenvalue weighted by atomic mass is 10.1. The lowest BCUT2D eigenvalue weighted by molar-refractivity contribution is -0.685. The van der Waals surface area contributed by atoms with Gasteiger partial charge in [-0.1, -0.05) is 48.5 Å². The van der Waals surface area contributed by atoms with E-state index >= 15 is 0 Å². The lowest BCUT2D eigenvalue weighted by Gasteiger charge is -2.06. The first-order valence-corrected chi connectivity index (χ1v) is 7.42. The summed E-state index contributed by atoms with van der Waals surface area (Å²) in [6.07, 6.45) is 3.25. The van der Waals surface area contributed by atoms with Gasteiger partial charge in [0.15, 0.2) is 12.7 Å². The van der Waals surface area contributed by atoms with Gasteiger partial charge in [-0.15, -0.1) is 0 Å². The molecule has 3 rings (SSSR count). The van der Waals surface area contributed by atoms with Crippen LogP contribution in [0.3, 0.4) is 0 Å². The molecule has 0 bridgehead atoms. The van der Waals surface area contributed by atoms with Crippen LogP contribution >= 0.6 is 0 Å². The van der Waals surface area contributed by atoms with Crippen molar-refractivity contribution >= 4 is 0 Å². The Morgan fingerprint density at radius 3 is 2.19 bits per heavy atom. The molecule has 1 heteroatoms. The van der Waals surface area contributed by atoms with E-state index in [1.165, 1.54) is 22.4 Å². The molecule has 0 saturated heterocycles. The predicted octanol–water partition coefficient (Wildman–Crippen LogP) is 4.19. The second-order valence-corrected chi connectivity index (χ2v) is 5.38. The zero-order chi connectivity index (χ0) is 14.5. The fourth-order valence-electron chi connectivity index (χ4n) is 2.58. The topological polar surface area (TPSA) is 3.88 Å². The zero-order valence-corrected chi connectivity index (χ0v) is 12.4. The summed E-state index contributed by atoms with van der Waals surface area (Å²) in [7, 11) is 0. The second-order valence-electron chi connectivity index (χ2n) is 5.38. The van der Waals surface area contributed by atoms with Gasteiger partial charge in [-0.05, 0) is 30.2 Å². The molecule has 0 aliphatic heterocycles. The maximum absolute atomic E-state index is 2.34. The van der Waals surface area contributed by atoms with Crippen LogP contribution in [0.15, 0.2) is 79.0 Å². The van der Waals surface area contributed by atoms with Crippen LogP contribution < -0.4 is 4.57 Å². The minimum absolute atomic E-state index is 0.995. The molecule has 3 aromatic rings. The molecule has 0 radical (unpaired) electrons. The number of pyridine rings is 1. The average molecular weight is 274 g/mol. The van der Waals surface area contributed by atoms with E-state index in [-0.39, 0.29) is 0 Å². The summed E-state index contributed by atoms with van der Waals surface area (Å²) in [5.74, 6) is 0. The molecule has 0 N–H and O–H groups in total. The fraction of sp³-hybridized carbons (Fsp3) is 0.150. The monoisotopic (exact) mass is 274 g/mol. The molecule has 0 saturated carbocycles. The zero-order valence-electron chi connectivity index (χ0n) is 12.4. The summed E-state index contributed by atoms with van der Waals surface area (Å²) in [4.78, 5) is 0. The van der Waals surface area contributed by atoms with Crippen molar-refractivity contribution in [3.05, 3.63) is 90.1 Å². The third-order valence-electron chi connectivity index (χ3n) is 3.74. The van der Waals surface area contributed by atoms with Crippen molar-refractivity contribution in [2.75, 3.05) is 0 Å². The minimum atomic E-state index is 0.995. The highest BCUT2D eigenvalue weighted by atomic mass is 15.0. The third-order valence-corrected chi connectivity index (χ3v) is 3.74. The summed E-state index contributed by atoms with van der Waals surface area (Å²) in [6, 6.07) is 25.7. The van der Waals surface area contributed by atoms with E-state index in [2.05, 4.69) is 90.5 Å². The van der Waals surface area contributed by atoms with Crippen LogP contribution in [0.25, 0.3) is 11.3 Å². The lowest BCUT2D eigenvalue weighted by Crippen LogP contribution is -2.37. The fourth-order valence-corrected chi connectivity index (χ4v) is 2.58. The van der Waals surface area contributed by atoms with Gasteiger partial charge >= 0.3 is 0 Å². The Bertz CT molecular complexity index is 702. The van der Waals surface area contributed by atoms with Crippen LogP contribution in [-0.4, -0.2) is 0 Å². The molecule has 0 aliphatic rings. The molecule has 0 aliphatic carbocycles. The molecule has 0 spiro atoms. The largest absolute Gasteiger partial charge is 0.212 e. The van der Waals surface area contributed by atoms with Gasteiger partial charge in [0, 0.05) is 24.1 Å². The maximum Gasteiger partial charge on any atom is 0.212 e. The van der Waals surface area contributed by atoms with Crippen LogP contribution in [0.2, 0.25) is 0 Å². The van der Waals surface area contributed by atoms with Gasteiger partial charge in [0.1, 0.15) is 0 Å². The number of rotatable bonds is 4. The Kier molecular flexibility index (Phi) is 4.11. The van der Waals surface area contributed by atoms with Crippen molar-refractivity contribution in [2.24, 2.45) is 0 Å². The normalized spacial score (nSPS) is 10.5. The van der Waals surface area contributed by atoms with E-state index in [9.17, 15) is 0 Å². The van der Waals surface area contributed by atoms with Crippen molar-refractivity contribution in [1.82, 2.24) is 0 Å². The van der Waals surface area contributed by atoms with E-state index in [4.69, 9.17) is 0 Å². The van der Waals surface area contributed by atoms with Crippen LogP contribution in [0.5, 0.6) is 0 Å². The highest BCUT2D eigenvalue weighted by Crippen LogP contribution is 2.16. The van der Waals surface area contributed by atoms with E-state index < -0.39 is 0 Å². The first-order chi connectivity index (χ1) is 10.3. The Balaban J connectivity index is 1.88. The molecule has 1 nitrogen and oxygen atoms in total. The van der Waals surface area contributed by atoms with Gasteiger partial charge in [-0.3, -0.25) is 0 Å². The number of hydrogen-bond acceptors (Lipinski definition) is 0. The second kappa shape index (κ2) is 6.36. The van der Waals surface area contributed by atoms with Gasteiger partial charge in [0.25, 0.3) is 0 Å². The van der Waals surface area contributed by atoms with E-state index in [0.717, 1.165) is 13.0 Å². The van der Waals surface area contributed by atoms with E-state index in [1.807, 2.05) is 0 Å². The summed E-state index contributed by atoms with van der Waals surface area (Å²) >= 11 is 0. The van der Waals surface area contributed by atoms with Crippen molar-refractivity contribution in [2.45, 2.75) is 19.9 Å². The highest BCUT2D eigenvalue weighted by molar-refractivity contribution is 5.56. The Morgan fingerprint density at radius 1 is 0.810 bits per heavy atom. The van der Waals surface area contributed by atoms with E-state index in [1.54, 1.807) is 0 Å². The van der Waals surface area contributed by atoms with Crippen molar-refractivity contribution in [1.29, 1.82) is 0 Å². The number of benzene rings is 2. The molecule has 0 unspecified atom stereocenters. The smallest absolute Gasteiger partial charge is 0.198 e. The summed E-state index contributed by atoms with van der Waals surface area (Å²) in [5, 5.41) is 0. The minimum Gasteiger partial charge on any atom is -0.198 e. The molecule has 104 valence electrons. The maximum atomic E-state index is 2.34. The molecular weight excluding hydrogens is 254 g/mol. The predicted molar refractivity (Wildman–Crippen MR) is 87.0 cm³/mol. The highest BCUT2D eigenvalue weighted by Gasteiger charge is 2.12. The molecular formula is C20H20N+. The number of aryl methyl sites for hydroxylation is 3. The van der Waals surface area contributed by atoms with Crippen LogP contribution in [0.1, 0.15) is 11.1 Å². The SMILES string of the molecule is Cc1cc[n+](CCc2ccccc2)c(-c2ccccc2)c1. The molecule has 2 aromatic carbocycles. The Morgan fingerprint density at radius 2 is 1.48 bits per heavy atom. The van der Waals surface area contributed by atoms with Gasteiger partial charge in [0.05, 0.1) is 0 Å². The van der Waals surface area contributed by atoms with Crippen molar-refractivity contribution in [3.8, 4) is 11.3 Å². The van der Waals surface area contributed by atoms with Gasteiger partial charge < -0.3 is 0 Å². The first kappa shape index (κ1) is 13.6. The first-order valence-electron chi connectivity index (χ1n) is 7.42. The molecule has 1 aromatic heterocycles. The molecule has 0 atom stereocenters. The van der Waals surface area contributed by atoms with Crippen molar-refractivity contribution in [3.63, 3.8) is 0 Å². The number of aromatic nitrogens is 1. The number of nitrogens with zero attached hydrogens (tertiary/aromatic N) is 1. The third kappa shape index (κ3) is 3.38. The van der Waals surface area contributed by atoms with Gasteiger partial charge in [-0.2, -0.15) is 4.57 Å². The quantitative estimate of drug-likeness (QED) is 0.628. The summed E-state index contributed by atoms with van der Waals surface area (Å²) in [5.41, 5.74) is 5.23. The van der Waals surface area contributed by atoms with Crippen molar-refractivity contribution < 1.29 is 4.57 Å². The summed E-state index contributed by atoms with van der Waals surface area (Å²) < 4.78 is 2.34. The Labute approximate surface area is 126 Å². The molecule has 0 fully saturated rings. The molecule has 21 heavy (non-hydrogen) atoms. The Hall–Kier alpha value is -2.41. The van der Waals surface area contributed by atoms with Gasteiger partial charge in [-0.25, -0.2) is 0 Å². The molecule has 1 heterocycles. The van der Waals surface area contributed by atoms with Gasteiger partial charge in [0.2, 0.25) is 5.69 Å². The number of hydrogen-bond donors (Lipinski definition) is 0. The van der Waals surface area contributed by atoms with E-state index in [0.29, 0.717) is 0 Å². The van der Waals surface area contributed by atoms with Crippen LogP contribution in [0.4, 0.5) is 0 Å². The van der Waals surface area contributed by atoms with Crippen LogP contribution in [-0.2, 0) is 13.0 Å². The standard InChI is InChI=1S/C20H20N/c1-17-12-14-21(15-13-18-8-4-2-5-9-18)20(16-17)19-10-6-3-7-11-19/h2-12,14,16H,13,15H2,1H3/q+1. The average Bonchev–Trinajstić information content (AvgIpc) is 2.55.